The van der Waals surface area contributed by atoms with Crippen molar-refractivity contribution in [1.82, 2.24) is 4.90 Å². The second-order valence-electron chi connectivity index (χ2n) is 5.94. The van der Waals surface area contributed by atoms with Gasteiger partial charge >= 0.3 is 0 Å². The molecular formula is C15H20FN3O. The summed E-state index contributed by atoms with van der Waals surface area (Å²) in [7, 11) is 0. The minimum Gasteiger partial charge on any atom is -0.409 e. The number of rotatable bonds is 3. The number of hydrogen-bond donors (Lipinski definition) is 2. The summed E-state index contributed by atoms with van der Waals surface area (Å²) in [5.41, 5.74) is 6.55. The van der Waals surface area contributed by atoms with Crippen LogP contribution >= 0.6 is 0 Å². The molecule has 108 valence electrons. The number of nitrogens with two attached hydrogens (primary N) is 1. The van der Waals surface area contributed by atoms with E-state index in [1.54, 1.807) is 12.1 Å². The summed E-state index contributed by atoms with van der Waals surface area (Å²) in [5, 5.41) is 11.5. The Balaban J connectivity index is 1.69. The maximum atomic E-state index is 14.1. The Morgan fingerprint density at radius 3 is 2.65 bits per heavy atom. The van der Waals surface area contributed by atoms with Crippen LogP contribution in [0.4, 0.5) is 4.39 Å². The van der Waals surface area contributed by atoms with Crippen LogP contribution in [0, 0.1) is 17.7 Å². The minimum absolute atomic E-state index is 0.0637. The van der Waals surface area contributed by atoms with Crippen molar-refractivity contribution in [2.24, 2.45) is 22.7 Å². The van der Waals surface area contributed by atoms with Gasteiger partial charge in [0.1, 0.15) is 5.82 Å². The lowest BCUT2D eigenvalue weighted by Crippen LogP contribution is -2.22. The van der Waals surface area contributed by atoms with Gasteiger partial charge in [0.25, 0.3) is 0 Å². The number of halogens is 1. The Bertz CT molecular complexity index is 520. The van der Waals surface area contributed by atoms with E-state index in [1.165, 1.54) is 25.3 Å². The van der Waals surface area contributed by atoms with Crippen molar-refractivity contribution in [3.8, 4) is 0 Å². The predicted octanol–water partition coefficient (Wildman–Crippen LogP) is 2.15. The summed E-state index contributed by atoms with van der Waals surface area (Å²) in [6.45, 7) is 2.83. The SMILES string of the molecule is N/C(=N/O)c1ccc(CN2CC3CCCC3C2)c(F)c1. The van der Waals surface area contributed by atoms with Gasteiger partial charge in [0, 0.05) is 30.8 Å². The number of benzene rings is 1. The lowest BCUT2D eigenvalue weighted by atomic mass is 10.0. The average Bonchev–Trinajstić information content (AvgIpc) is 3.01. The van der Waals surface area contributed by atoms with E-state index >= 15 is 0 Å². The molecule has 1 aromatic carbocycles. The van der Waals surface area contributed by atoms with Crippen LogP contribution in [-0.4, -0.2) is 29.0 Å². The van der Waals surface area contributed by atoms with Crippen molar-refractivity contribution in [3.63, 3.8) is 0 Å². The van der Waals surface area contributed by atoms with E-state index in [0.29, 0.717) is 17.7 Å². The number of hydrogen-bond acceptors (Lipinski definition) is 3. The molecule has 5 heteroatoms. The maximum Gasteiger partial charge on any atom is 0.170 e. The van der Waals surface area contributed by atoms with Crippen LogP contribution in [0.2, 0.25) is 0 Å². The van der Waals surface area contributed by atoms with E-state index in [9.17, 15) is 4.39 Å². The smallest absolute Gasteiger partial charge is 0.170 e. The van der Waals surface area contributed by atoms with Crippen molar-refractivity contribution in [2.45, 2.75) is 25.8 Å². The Hall–Kier alpha value is -1.62. The first-order valence-electron chi connectivity index (χ1n) is 7.16. The van der Waals surface area contributed by atoms with Gasteiger partial charge in [-0.15, -0.1) is 0 Å². The van der Waals surface area contributed by atoms with Gasteiger partial charge in [0.2, 0.25) is 0 Å². The highest BCUT2D eigenvalue weighted by Gasteiger charge is 2.35. The molecule has 0 amide bonds. The van der Waals surface area contributed by atoms with Crippen molar-refractivity contribution >= 4 is 5.84 Å². The molecule has 0 spiro atoms. The van der Waals surface area contributed by atoms with Gasteiger partial charge in [-0.2, -0.15) is 0 Å². The van der Waals surface area contributed by atoms with Crippen molar-refractivity contribution in [1.29, 1.82) is 0 Å². The highest BCUT2D eigenvalue weighted by Crippen LogP contribution is 2.38. The van der Waals surface area contributed by atoms with Crippen molar-refractivity contribution in [3.05, 3.63) is 35.1 Å². The summed E-state index contributed by atoms with van der Waals surface area (Å²) in [5.74, 6) is 1.28. The lowest BCUT2D eigenvalue weighted by Gasteiger charge is -2.17. The third kappa shape index (κ3) is 2.50. The van der Waals surface area contributed by atoms with Gasteiger partial charge in [0.05, 0.1) is 0 Å². The molecule has 1 aliphatic heterocycles. The Morgan fingerprint density at radius 2 is 2.05 bits per heavy atom. The molecular weight excluding hydrogens is 257 g/mol. The number of nitrogens with zero attached hydrogens (tertiary/aromatic N) is 2. The van der Waals surface area contributed by atoms with E-state index < -0.39 is 0 Å². The third-order valence-electron chi connectivity index (χ3n) is 4.65. The standard InChI is InChI=1S/C15H20FN3O/c16-14-6-10(15(17)18-20)4-5-13(14)9-19-7-11-2-1-3-12(11)8-19/h4-6,11-12,20H,1-3,7-9H2,(H2,17,18). The molecule has 4 nitrogen and oxygen atoms in total. The normalized spacial score (nSPS) is 26.9. The second kappa shape index (κ2) is 5.40. The molecule has 1 aromatic rings. The number of amidine groups is 1. The van der Waals surface area contributed by atoms with Crippen LogP contribution in [0.25, 0.3) is 0 Å². The van der Waals surface area contributed by atoms with Gasteiger partial charge < -0.3 is 10.9 Å². The van der Waals surface area contributed by atoms with Crippen LogP contribution in [0.3, 0.4) is 0 Å². The first-order chi connectivity index (χ1) is 9.67. The van der Waals surface area contributed by atoms with E-state index in [1.807, 2.05) is 0 Å². The van der Waals surface area contributed by atoms with Gasteiger partial charge in [-0.05, 0) is 30.7 Å². The topological polar surface area (TPSA) is 61.9 Å². The fourth-order valence-corrected chi connectivity index (χ4v) is 3.59. The molecule has 20 heavy (non-hydrogen) atoms. The predicted molar refractivity (Wildman–Crippen MR) is 75.0 cm³/mol. The molecule has 1 heterocycles. The van der Waals surface area contributed by atoms with Crippen molar-refractivity contribution in [2.75, 3.05) is 13.1 Å². The lowest BCUT2D eigenvalue weighted by molar-refractivity contribution is 0.298. The van der Waals surface area contributed by atoms with Crippen molar-refractivity contribution < 1.29 is 9.60 Å². The van der Waals surface area contributed by atoms with E-state index in [-0.39, 0.29) is 11.7 Å². The molecule has 2 aliphatic rings. The molecule has 2 fully saturated rings. The molecule has 0 radical (unpaired) electrons. The largest absolute Gasteiger partial charge is 0.409 e. The van der Waals surface area contributed by atoms with Gasteiger partial charge in [-0.25, -0.2) is 4.39 Å². The molecule has 1 saturated carbocycles. The van der Waals surface area contributed by atoms with E-state index in [2.05, 4.69) is 10.1 Å². The number of oxime groups is 1. The van der Waals surface area contributed by atoms with E-state index in [0.717, 1.165) is 24.9 Å². The summed E-state index contributed by atoms with van der Waals surface area (Å²) < 4.78 is 14.1. The van der Waals surface area contributed by atoms with Crippen LogP contribution < -0.4 is 5.73 Å². The highest BCUT2D eigenvalue weighted by molar-refractivity contribution is 5.97. The summed E-state index contributed by atoms with van der Waals surface area (Å²) >= 11 is 0. The van der Waals surface area contributed by atoms with Crippen LogP contribution in [0.15, 0.2) is 23.4 Å². The molecule has 2 unspecified atom stereocenters. The average molecular weight is 277 g/mol. The Morgan fingerprint density at radius 1 is 1.35 bits per heavy atom. The summed E-state index contributed by atoms with van der Waals surface area (Å²) in [4.78, 5) is 2.34. The number of likely N-dealkylation sites (tertiary alicyclic amines) is 1. The quantitative estimate of drug-likeness (QED) is 0.385. The monoisotopic (exact) mass is 277 g/mol. The minimum atomic E-state index is -0.286. The number of fused-ring (bicyclic) bond motifs is 1. The van der Waals surface area contributed by atoms with Crippen LogP contribution in [-0.2, 0) is 6.54 Å². The van der Waals surface area contributed by atoms with Gasteiger partial charge in [-0.1, -0.05) is 23.7 Å². The molecule has 3 rings (SSSR count). The first-order valence-corrected chi connectivity index (χ1v) is 7.16. The second-order valence-corrected chi connectivity index (χ2v) is 5.94. The zero-order chi connectivity index (χ0) is 14.1. The molecule has 0 aromatic heterocycles. The maximum absolute atomic E-state index is 14.1. The van der Waals surface area contributed by atoms with Gasteiger partial charge in [0.15, 0.2) is 5.84 Å². The summed E-state index contributed by atoms with van der Waals surface area (Å²) in [6, 6.07) is 4.77. The summed E-state index contributed by atoms with van der Waals surface area (Å²) in [6.07, 6.45) is 4.00. The Labute approximate surface area is 118 Å². The zero-order valence-electron chi connectivity index (χ0n) is 11.4. The molecule has 1 aliphatic carbocycles. The first kappa shape index (κ1) is 13.4. The Kier molecular flexibility index (Phi) is 3.61. The molecule has 0 bridgehead atoms. The molecule has 2 atom stereocenters. The van der Waals surface area contributed by atoms with Crippen LogP contribution in [0.1, 0.15) is 30.4 Å². The molecule has 1 saturated heterocycles. The molecule has 3 N–H and O–H groups in total. The van der Waals surface area contributed by atoms with Crippen LogP contribution in [0.5, 0.6) is 0 Å². The third-order valence-corrected chi connectivity index (χ3v) is 4.65. The fourth-order valence-electron chi connectivity index (χ4n) is 3.59. The van der Waals surface area contributed by atoms with E-state index in [4.69, 9.17) is 10.9 Å². The highest BCUT2D eigenvalue weighted by atomic mass is 19.1. The zero-order valence-corrected chi connectivity index (χ0v) is 11.4. The van der Waals surface area contributed by atoms with Gasteiger partial charge in [-0.3, -0.25) is 4.90 Å². The fraction of sp³-hybridized carbons (Fsp3) is 0.533.